The lowest BCUT2D eigenvalue weighted by Crippen LogP contribution is -2.10. The van der Waals surface area contributed by atoms with E-state index < -0.39 is 0 Å². The van der Waals surface area contributed by atoms with Gasteiger partial charge >= 0.3 is 0 Å². The van der Waals surface area contributed by atoms with Gasteiger partial charge in [0, 0.05) is 11.2 Å². The van der Waals surface area contributed by atoms with Gasteiger partial charge in [0.15, 0.2) is 5.76 Å². The average Bonchev–Trinajstić information content (AvgIpc) is 3.37. The van der Waals surface area contributed by atoms with E-state index in [9.17, 15) is 4.79 Å². The van der Waals surface area contributed by atoms with E-state index in [1.165, 1.54) is 0 Å². The molecule has 1 N–H and O–H groups in total. The van der Waals surface area contributed by atoms with Crippen LogP contribution in [-0.4, -0.2) is 15.7 Å². The molecule has 0 spiro atoms. The molecule has 2 aromatic carbocycles. The number of anilines is 1. The molecule has 4 rings (SSSR count). The molecule has 31 heavy (non-hydrogen) atoms. The highest BCUT2D eigenvalue weighted by Gasteiger charge is 2.14. The van der Waals surface area contributed by atoms with Crippen LogP contribution in [-0.2, 0) is 13.2 Å². The van der Waals surface area contributed by atoms with E-state index in [0.29, 0.717) is 23.0 Å². The monoisotopic (exact) mass is 435 g/mol. The van der Waals surface area contributed by atoms with Gasteiger partial charge in [-0.3, -0.25) is 9.48 Å². The summed E-state index contributed by atoms with van der Waals surface area (Å²) in [6.07, 6.45) is 3.35. The van der Waals surface area contributed by atoms with E-state index in [0.717, 1.165) is 22.4 Å². The van der Waals surface area contributed by atoms with Gasteiger partial charge in [-0.15, -0.1) is 0 Å². The van der Waals surface area contributed by atoms with Crippen LogP contribution in [0, 0.1) is 13.8 Å². The maximum Gasteiger partial charge on any atom is 0.291 e. The van der Waals surface area contributed by atoms with E-state index in [1.54, 1.807) is 29.2 Å². The lowest BCUT2D eigenvalue weighted by atomic mass is 10.1. The van der Waals surface area contributed by atoms with Crippen LogP contribution in [0.5, 0.6) is 5.75 Å². The molecule has 0 aliphatic rings. The van der Waals surface area contributed by atoms with Crippen LogP contribution in [0.3, 0.4) is 0 Å². The predicted octanol–water partition coefficient (Wildman–Crippen LogP) is 5.63. The zero-order chi connectivity index (χ0) is 21.8. The molecule has 2 heterocycles. The van der Waals surface area contributed by atoms with E-state index >= 15 is 0 Å². The van der Waals surface area contributed by atoms with Crippen molar-refractivity contribution in [2.75, 3.05) is 5.32 Å². The molecule has 0 saturated heterocycles. The molecule has 0 aliphatic carbocycles. The van der Waals surface area contributed by atoms with Gasteiger partial charge in [-0.25, -0.2) is 0 Å². The number of hydrogen-bond donors (Lipinski definition) is 1. The molecule has 0 unspecified atom stereocenters. The molecule has 2 aromatic heterocycles. The smallest absolute Gasteiger partial charge is 0.291 e. The Morgan fingerprint density at radius 1 is 1.13 bits per heavy atom. The topological polar surface area (TPSA) is 69.3 Å². The molecule has 0 atom stereocenters. The molecule has 0 saturated carbocycles. The first-order valence-electron chi connectivity index (χ1n) is 9.84. The number of amides is 1. The van der Waals surface area contributed by atoms with E-state index in [4.69, 9.17) is 20.8 Å². The van der Waals surface area contributed by atoms with Gasteiger partial charge in [-0.2, -0.15) is 5.10 Å². The highest BCUT2D eigenvalue weighted by molar-refractivity contribution is 6.30. The Morgan fingerprint density at radius 2 is 1.90 bits per heavy atom. The summed E-state index contributed by atoms with van der Waals surface area (Å²) in [5.41, 5.74) is 3.71. The second kappa shape index (κ2) is 9.10. The largest absolute Gasteiger partial charge is 0.485 e. The molecule has 7 heteroatoms. The van der Waals surface area contributed by atoms with Gasteiger partial charge in [0.1, 0.15) is 18.1 Å². The zero-order valence-electron chi connectivity index (χ0n) is 17.3. The number of ether oxygens (including phenoxy) is 1. The van der Waals surface area contributed by atoms with E-state index in [2.05, 4.69) is 10.4 Å². The minimum Gasteiger partial charge on any atom is -0.485 e. The minimum atomic E-state index is -0.347. The van der Waals surface area contributed by atoms with Crippen molar-refractivity contribution >= 4 is 23.2 Å². The van der Waals surface area contributed by atoms with Crippen LogP contribution < -0.4 is 10.1 Å². The van der Waals surface area contributed by atoms with Crippen LogP contribution in [0.25, 0.3) is 0 Å². The third-order valence-corrected chi connectivity index (χ3v) is 5.01. The Kier molecular flexibility index (Phi) is 6.09. The lowest BCUT2D eigenvalue weighted by molar-refractivity contribution is 0.0992. The Hall–Kier alpha value is -3.51. The number of para-hydroxylation sites is 1. The second-order valence-electron chi connectivity index (χ2n) is 7.29. The van der Waals surface area contributed by atoms with E-state index in [1.807, 2.05) is 56.3 Å². The van der Waals surface area contributed by atoms with Crippen molar-refractivity contribution in [3.63, 3.8) is 0 Å². The first-order valence-corrected chi connectivity index (χ1v) is 10.2. The summed E-state index contributed by atoms with van der Waals surface area (Å²) in [5.74, 6) is 1.27. The number of aromatic nitrogens is 2. The molecule has 0 bridgehead atoms. The number of carbonyl (C=O) groups excluding carboxylic acids is 1. The molecular weight excluding hydrogens is 414 g/mol. The summed E-state index contributed by atoms with van der Waals surface area (Å²) in [5, 5.41) is 7.75. The Balaban J connectivity index is 1.35. The van der Waals surface area contributed by atoms with Crippen molar-refractivity contribution in [2.24, 2.45) is 0 Å². The summed E-state index contributed by atoms with van der Waals surface area (Å²) in [6.45, 7) is 4.79. The average molecular weight is 436 g/mol. The molecule has 0 radical (unpaired) electrons. The number of nitrogens with one attached hydrogen (secondary N) is 1. The number of halogens is 1. The quantitative estimate of drug-likeness (QED) is 0.408. The number of hydrogen-bond acceptors (Lipinski definition) is 4. The molecular formula is C24H22ClN3O3. The van der Waals surface area contributed by atoms with Gasteiger partial charge in [0.2, 0.25) is 0 Å². The van der Waals surface area contributed by atoms with Crippen molar-refractivity contribution < 1.29 is 13.9 Å². The van der Waals surface area contributed by atoms with Crippen molar-refractivity contribution in [1.29, 1.82) is 0 Å². The molecule has 158 valence electrons. The van der Waals surface area contributed by atoms with Gasteiger partial charge in [-0.05, 0) is 54.8 Å². The Labute approximate surface area is 185 Å². The van der Waals surface area contributed by atoms with Crippen LogP contribution in [0.1, 0.15) is 33.0 Å². The molecule has 6 nitrogen and oxygen atoms in total. The minimum absolute atomic E-state index is 0.211. The Morgan fingerprint density at radius 3 is 2.68 bits per heavy atom. The van der Waals surface area contributed by atoms with Gasteiger partial charge in [0.25, 0.3) is 5.91 Å². The fraction of sp³-hybridized carbons (Fsp3) is 0.167. The van der Waals surface area contributed by atoms with Crippen LogP contribution in [0.15, 0.2) is 71.4 Å². The predicted molar refractivity (Wildman–Crippen MR) is 120 cm³/mol. The fourth-order valence-electron chi connectivity index (χ4n) is 3.28. The SMILES string of the molecule is Cc1cccc(C)c1OCc1ccc(C(=O)Nc2cnn(Cc3cccc(Cl)c3)c2)o1. The number of benzene rings is 2. The Bertz CT molecular complexity index is 1190. The normalized spacial score (nSPS) is 10.8. The summed E-state index contributed by atoms with van der Waals surface area (Å²) >= 11 is 6.02. The second-order valence-corrected chi connectivity index (χ2v) is 7.72. The zero-order valence-corrected chi connectivity index (χ0v) is 18.0. The van der Waals surface area contributed by atoms with Gasteiger partial charge in [0.05, 0.1) is 18.4 Å². The highest BCUT2D eigenvalue weighted by atomic mass is 35.5. The summed E-state index contributed by atoms with van der Waals surface area (Å²) in [7, 11) is 0. The number of furan rings is 1. The standard InChI is InChI=1S/C24H22ClN3O3/c1-16-5-3-6-17(2)23(16)30-15-21-9-10-22(31-21)24(29)27-20-12-26-28(14-20)13-18-7-4-8-19(25)11-18/h3-12,14H,13,15H2,1-2H3,(H,27,29). The lowest BCUT2D eigenvalue weighted by Gasteiger charge is -2.10. The van der Waals surface area contributed by atoms with Crippen LogP contribution >= 0.6 is 11.6 Å². The summed E-state index contributed by atoms with van der Waals surface area (Å²) < 4.78 is 13.3. The molecule has 0 fully saturated rings. The van der Waals surface area contributed by atoms with Crippen molar-refractivity contribution in [1.82, 2.24) is 9.78 Å². The maximum atomic E-state index is 12.5. The summed E-state index contributed by atoms with van der Waals surface area (Å²) in [6, 6.07) is 16.9. The van der Waals surface area contributed by atoms with Crippen LogP contribution in [0.4, 0.5) is 5.69 Å². The first-order chi connectivity index (χ1) is 15.0. The highest BCUT2D eigenvalue weighted by Crippen LogP contribution is 2.24. The van der Waals surface area contributed by atoms with E-state index in [-0.39, 0.29) is 18.3 Å². The molecule has 4 aromatic rings. The van der Waals surface area contributed by atoms with Crippen molar-refractivity contribution in [3.8, 4) is 5.75 Å². The number of nitrogens with zero attached hydrogens (tertiary/aromatic N) is 2. The summed E-state index contributed by atoms with van der Waals surface area (Å²) in [4.78, 5) is 12.5. The first kappa shape index (κ1) is 20.8. The number of carbonyl (C=O) groups is 1. The molecule has 0 aliphatic heterocycles. The molecule has 1 amide bonds. The van der Waals surface area contributed by atoms with Gasteiger partial charge < -0.3 is 14.5 Å². The maximum absolute atomic E-state index is 12.5. The van der Waals surface area contributed by atoms with Crippen molar-refractivity contribution in [2.45, 2.75) is 27.0 Å². The number of aryl methyl sites for hydroxylation is 2. The van der Waals surface area contributed by atoms with Gasteiger partial charge in [-0.1, -0.05) is 41.9 Å². The van der Waals surface area contributed by atoms with Crippen molar-refractivity contribution in [3.05, 3.63) is 100 Å². The van der Waals surface area contributed by atoms with Crippen LogP contribution in [0.2, 0.25) is 5.02 Å². The third-order valence-electron chi connectivity index (χ3n) is 4.78. The number of rotatable bonds is 7. The fourth-order valence-corrected chi connectivity index (χ4v) is 3.49. The third kappa shape index (κ3) is 5.16.